The molecule has 0 aromatic heterocycles. The van der Waals surface area contributed by atoms with Gasteiger partial charge in [-0.25, -0.2) is 0 Å². The lowest BCUT2D eigenvalue weighted by Crippen LogP contribution is -2.40. The van der Waals surface area contributed by atoms with Gasteiger partial charge in [0.05, 0.1) is 6.54 Å². The Morgan fingerprint density at radius 2 is 2.00 bits per heavy atom. The topological polar surface area (TPSA) is 41.1 Å². The number of amides is 1. The molecule has 0 radical (unpaired) electrons. The van der Waals surface area contributed by atoms with Crippen molar-refractivity contribution in [1.82, 2.24) is 10.6 Å². The molecule has 1 unspecified atom stereocenters. The van der Waals surface area contributed by atoms with Crippen LogP contribution in [0.5, 0.6) is 0 Å². The van der Waals surface area contributed by atoms with E-state index in [1.807, 2.05) is 25.1 Å². The maximum Gasteiger partial charge on any atom is 0.234 e. The van der Waals surface area contributed by atoms with Crippen LogP contribution in [0.15, 0.2) is 30.3 Å². The molecule has 3 heteroatoms. The first-order chi connectivity index (χ1) is 8.22. The Hall–Kier alpha value is -1.35. The quantitative estimate of drug-likeness (QED) is 0.706. The fourth-order valence-electron chi connectivity index (χ4n) is 1.72. The molecule has 0 fully saturated rings. The van der Waals surface area contributed by atoms with Gasteiger partial charge in [0.1, 0.15) is 0 Å². The molecule has 3 nitrogen and oxygen atoms in total. The highest BCUT2D eigenvalue weighted by atomic mass is 16.1. The van der Waals surface area contributed by atoms with E-state index in [-0.39, 0.29) is 11.9 Å². The van der Waals surface area contributed by atoms with Crippen molar-refractivity contribution in [2.45, 2.75) is 32.7 Å². The summed E-state index contributed by atoms with van der Waals surface area (Å²) in [5, 5.41) is 6.08. The minimum absolute atomic E-state index is 0.0712. The second kappa shape index (κ2) is 7.85. The van der Waals surface area contributed by atoms with Crippen LogP contribution in [0.3, 0.4) is 0 Å². The lowest BCUT2D eigenvalue weighted by molar-refractivity contribution is -0.120. The van der Waals surface area contributed by atoms with Crippen molar-refractivity contribution in [3.63, 3.8) is 0 Å². The first-order valence-corrected chi connectivity index (χ1v) is 6.26. The molecule has 0 aliphatic rings. The molecular weight excluding hydrogens is 212 g/mol. The summed E-state index contributed by atoms with van der Waals surface area (Å²) in [6, 6.07) is 10.4. The van der Waals surface area contributed by atoms with Gasteiger partial charge in [-0.2, -0.15) is 0 Å². The molecule has 0 saturated carbocycles. The highest BCUT2D eigenvalue weighted by molar-refractivity contribution is 5.78. The molecule has 94 valence electrons. The second-order valence-corrected chi connectivity index (χ2v) is 4.34. The zero-order valence-corrected chi connectivity index (χ0v) is 10.7. The lowest BCUT2D eigenvalue weighted by Gasteiger charge is -2.14. The molecule has 1 atom stereocenters. The van der Waals surface area contributed by atoms with Crippen LogP contribution in [0.25, 0.3) is 0 Å². The minimum atomic E-state index is 0.0712. The predicted octanol–water partition coefficient (Wildman–Crippen LogP) is 1.73. The van der Waals surface area contributed by atoms with Gasteiger partial charge >= 0.3 is 0 Å². The molecule has 2 N–H and O–H groups in total. The van der Waals surface area contributed by atoms with Gasteiger partial charge in [-0.1, -0.05) is 37.3 Å². The first-order valence-electron chi connectivity index (χ1n) is 6.26. The SMILES string of the molecule is CCCNCC(=O)NC(C)Cc1ccccc1. The Kier molecular flexibility index (Phi) is 6.33. The zero-order valence-electron chi connectivity index (χ0n) is 10.7. The molecule has 0 bridgehead atoms. The Balaban J connectivity index is 2.25. The average Bonchev–Trinajstić information content (AvgIpc) is 2.30. The molecule has 1 amide bonds. The lowest BCUT2D eigenvalue weighted by atomic mass is 10.1. The summed E-state index contributed by atoms with van der Waals surface area (Å²) in [7, 11) is 0. The van der Waals surface area contributed by atoms with Crippen molar-refractivity contribution in [1.29, 1.82) is 0 Å². The number of hydrogen-bond donors (Lipinski definition) is 2. The molecule has 1 aromatic rings. The second-order valence-electron chi connectivity index (χ2n) is 4.34. The summed E-state index contributed by atoms with van der Waals surface area (Å²) < 4.78 is 0. The van der Waals surface area contributed by atoms with Gasteiger partial charge in [-0.3, -0.25) is 4.79 Å². The molecule has 1 aromatic carbocycles. The normalized spacial score (nSPS) is 12.1. The Morgan fingerprint density at radius 3 is 2.65 bits per heavy atom. The number of hydrogen-bond acceptors (Lipinski definition) is 2. The van der Waals surface area contributed by atoms with Gasteiger partial charge in [0.15, 0.2) is 0 Å². The Labute approximate surface area is 104 Å². The first kappa shape index (κ1) is 13.7. The van der Waals surface area contributed by atoms with Crippen molar-refractivity contribution >= 4 is 5.91 Å². The predicted molar refractivity (Wildman–Crippen MR) is 70.9 cm³/mol. The van der Waals surface area contributed by atoms with E-state index in [0.717, 1.165) is 19.4 Å². The van der Waals surface area contributed by atoms with E-state index >= 15 is 0 Å². The van der Waals surface area contributed by atoms with Gasteiger partial charge in [0.25, 0.3) is 0 Å². The van der Waals surface area contributed by atoms with E-state index in [1.54, 1.807) is 0 Å². The maximum absolute atomic E-state index is 11.5. The molecule has 1 rings (SSSR count). The number of carbonyl (C=O) groups excluding carboxylic acids is 1. The highest BCUT2D eigenvalue weighted by Crippen LogP contribution is 2.02. The number of carbonyl (C=O) groups is 1. The fraction of sp³-hybridized carbons (Fsp3) is 0.500. The summed E-state index contributed by atoms with van der Waals surface area (Å²) in [5.41, 5.74) is 1.25. The summed E-state index contributed by atoms with van der Waals surface area (Å²) in [6.45, 7) is 5.42. The van der Waals surface area contributed by atoms with Crippen LogP contribution < -0.4 is 10.6 Å². The van der Waals surface area contributed by atoms with Crippen molar-refractivity contribution in [3.8, 4) is 0 Å². The molecule has 0 aliphatic heterocycles. The molecule has 17 heavy (non-hydrogen) atoms. The van der Waals surface area contributed by atoms with Crippen LogP contribution in [-0.4, -0.2) is 25.0 Å². The van der Waals surface area contributed by atoms with E-state index in [9.17, 15) is 4.79 Å². The molecule has 0 heterocycles. The third kappa shape index (κ3) is 6.07. The van der Waals surface area contributed by atoms with Crippen LogP contribution in [0.2, 0.25) is 0 Å². The van der Waals surface area contributed by atoms with Crippen LogP contribution in [0.4, 0.5) is 0 Å². The van der Waals surface area contributed by atoms with Crippen molar-refractivity contribution in [3.05, 3.63) is 35.9 Å². The standard InChI is InChI=1S/C14H22N2O/c1-3-9-15-11-14(17)16-12(2)10-13-7-5-4-6-8-13/h4-8,12,15H,3,9-11H2,1-2H3,(H,16,17). The number of rotatable bonds is 7. The Morgan fingerprint density at radius 1 is 1.29 bits per heavy atom. The molecular formula is C14H22N2O. The summed E-state index contributed by atoms with van der Waals surface area (Å²) in [4.78, 5) is 11.5. The van der Waals surface area contributed by atoms with Crippen molar-refractivity contribution in [2.75, 3.05) is 13.1 Å². The smallest absolute Gasteiger partial charge is 0.234 e. The van der Waals surface area contributed by atoms with Crippen LogP contribution in [-0.2, 0) is 11.2 Å². The summed E-state index contributed by atoms with van der Waals surface area (Å²) >= 11 is 0. The van der Waals surface area contributed by atoms with Crippen molar-refractivity contribution < 1.29 is 4.79 Å². The van der Waals surface area contributed by atoms with Gasteiger partial charge in [0, 0.05) is 6.04 Å². The third-order valence-electron chi connectivity index (χ3n) is 2.50. The number of nitrogens with one attached hydrogen (secondary N) is 2. The number of benzene rings is 1. The molecule has 0 spiro atoms. The summed E-state index contributed by atoms with van der Waals surface area (Å²) in [6.07, 6.45) is 1.92. The van der Waals surface area contributed by atoms with Crippen LogP contribution in [0.1, 0.15) is 25.8 Å². The van der Waals surface area contributed by atoms with E-state index in [2.05, 4.69) is 29.7 Å². The largest absolute Gasteiger partial charge is 0.352 e. The zero-order chi connectivity index (χ0) is 12.5. The van der Waals surface area contributed by atoms with Crippen LogP contribution in [0, 0.1) is 0 Å². The van der Waals surface area contributed by atoms with Crippen molar-refractivity contribution in [2.24, 2.45) is 0 Å². The minimum Gasteiger partial charge on any atom is -0.352 e. The average molecular weight is 234 g/mol. The van der Waals surface area contributed by atoms with E-state index in [1.165, 1.54) is 5.56 Å². The van der Waals surface area contributed by atoms with E-state index in [0.29, 0.717) is 6.54 Å². The third-order valence-corrected chi connectivity index (χ3v) is 2.50. The Bertz CT molecular complexity index is 324. The van der Waals surface area contributed by atoms with E-state index in [4.69, 9.17) is 0 Å². The monoisotopic (exact) mass is 234 g/mol. The van der Waals surface area contributed by atoms with Gasteiger partial charge in [-0.15, -0.1) is 0 Å². The summed E-state index contributed by atoms with van der Waals surface area (Å²) in [5.74, 6) is 0.0712. The van der Waals surface area contributed by atoms with Gasteiger partial charge < -0.3 is 10.6 Å². The highest BCUT2D eigenvalue weighted by Gasteiger charge is 2.07. The fourth-order valence-corrected chi connectivity index (χ4v) is 1.72. The van der Waals surface area contributed by atoms with Gasteiger partial charge in [0.2, 0.25) is 5.91 Å². The van der Waals surface area contributed by atoms with Gasteiger partial charge in [-0.05, 0) is 31.9 Å². The molecule has 0 saturated heterocycles. The van der Waals surface area contributed by atoms with E-state index < -0.39 is 0 Å². The molecule has 0 aliphatic carbocycles. The maximum atomic E-state index is 11.5. The van der Waals surface area contributed by atoms with Crippen LogP contribution >= 0.6 is 0 Å².